The van der Waals surface area contributed by atoms with Gasteiger partial charge in [-0.25, -0.2) is 8.78 Å². The zero-order valence-corrected chi connectivity index (χ0v) is 20.4. The van der Waals surface area contributed by atoms with Gasteiger partial charge in [-0.05, 0) is 34.3 Å². The summed E-state index contributed by atoms with van der Waals surface area (Å²) in [5.74, 6) is -23.9. The second kappa shape index (κ2) is 9.62. The topological polar surface area (TPSA) is 0 Å². The molecule has 2 rings (SSSR count). The lowest BCUT2D eigenvalue weighted by Gasteiger charge is -2.36. The smallest absolute Gasteiger partial charge is 0.211 e. The molecule has 0 aliphatic rings. The summed E-state index contributed by atoms with van der Waals surface area (Å²) in [5, 5.41) is -22.8. The Bertz CT molecular complexity index is 1040. The molecule has 0 aliphatic heterocycles. The van der Waals surface area contributed by atoms with E-state index in [1.807, 2.05) is 0 Å². The van der Waals surface area contributed by atoms with E-state index >= 15 is 0 Å². The van der Waals surface area contributed by atoms with Gasteiger partial charge in [-0.15, -0.1) is 0 Å². The minimum absolute atomic E-state index is 0.187. The standard InChI is InChI=1S/C20H8Cl4F14/c21-15(29,19(23,35)36)17(31,32)13(25,26)11-5-1-9(2-6-11)10-3-7-12(8-4-10)14(27,28)18(33,34)16(22,30)20(24,37)38/h1-8H. The van der Waals surface area contributed by atoms with Crippen LogP contribution in [-0.4, -0.2) is 32.9 Å². The summed E-state index contributed by atoms with van der Waals surface area (Å²) in [6.07, 6.45) is 0. The fraction of sp³-hybridized carbons (Fsp3) is 0.400. The second-order valence-electron chi connectivity index (χ2n) is 7.60. The summed E-state index contributed by atoms with van der Waals surface area (Å²) in [6.45, 7) is 0. The van der Waals surface area contributed by atoms with Crippen molar-refractivity contribution in [3.05, 3.63) is 59.7 Å². The molecule has 0 N–H and O–H groups in total. The summed E-state index contributed by atoms with van der Waals surface area (Å²) < 4.78 is 192. The van der Waals surface area contributed by atoms with Crippen LogP contribution in [-0.2, 0) is 11.8 Å². The number of hydrogen-bond acceptors (Lipinski definition) is 0. The van der Waals surface area contributed by atoms with E-state index < -0.39 is 55.8 Å². The first-order chi connectivity index (χ1) is 16.7. The van der Waals surface area contributed by atoms with Crippen LogP contribution < -0.4 is 0 Å². The highest BCUT2D eigenvalue weighted by Crippen LogP contribution is 2.60. The monoisotopic (exact) mass is 654 g/mol. The zero-order valence-electron chi connectivity index (χ0n) is 17.4. The minimum atomic E-state index is -6.28. The normalized spacial score (nSPS) is 17.6. The Kier molecular flexibility index (Phi) is 8.31. The quantitative estimate of drug-likeness (QED) is 0.186. The lowest BCUT2D eigenvalue weighted by molar-refractivity contribution is -0.284. The molecule has 0 bridgehead atoms. The van der Waals surface area contributed by atoms with Gasteiger partial charge in [-0.1, -0.05) is 71.7 Å². The van der Waals surface area contributed by atoms with Crippen LogP contribution in [0.3, 0.4) is 0 Å². The first-order valence-corrected chi connectivity index (χ1v) is 10.8. The van der Waals surface area contributed by atoms with Crippen molar-refractivity contribution in [2.24, 2.45) is 0 Å². The number of benzene rings is 2. The number of alkyl halides is 18. The maximum Gasteiger partial charge on any atom is 0.375 e. The van der Waals surface area contributed by atoms with Gasteiger partial charge < -0.3 is 0 Å². The van der Waals surface area contributed by atoms with Gasteiger partial charge in [0.1, 0.15) is 0 Å². The van der Waals surface area contributed by atoms with E-state index in [1.165, 1.54) is 0 Å². The number of rotatable bonds is 9. The van der Waals surface area contributed by atoms with Crippen molar-refractivity contribution in [2.75, 3.05) is 0 Å². The van der Waals surface area contributed by atoms with E-state index in [9.17, 15) is 61.5 Å². The lowest BCUT2D eigenvalue weighted by atomic mass is 9.94. The molecule has 2 atom stereocenters. The molecule has 0 aromatic heterocycles. The largest absolute Gasteiger partial charge is 0.375 e. The fourth-order valence-corrected chi connectivity index (χ4v) is 3.33. The third kappa shape index (κ3) is 4.98. The van der Waals surface area contributed by atoms with Crippen molar-refractivity contribution in [1.82, 2.24) is 0 Å². The molecule has 0 saturated heterocycles. The maximum absolute atomic E-state index is 14.2. The molecule has 0 aliphatic carbocycles. The molecule has 2 unspecified atom stereocenters. The van der Waals surface area contributed by atoms with Gasteiger partial charge in [0.05, 0.1) is 0 Å². The Hall–Kier alpha value is -1.38. The van der Waals surface area contributed by atoms with Crippen LogP contribution in [0.5, 0.6) is 0 Å². The van der Waals surface area contributed by atoms with E-state index in [1.54, 1.807) is 0 Å². The summed E-state index contributed by atoms with van der Waals surface area (Å²) in [5.41, 5.74) is -4.03. The first-order valence-electron chi connectivity index (χ1n) is 9.29. The molecule has 0 amide bonds. The summed E-state index contributed by atoms with van der Waals surface area (Å²) in [6, 6.07) is 3.11. The Morgan fingerprint density at radius 3 is 0.763 bits per heavy atom. The van der Waals surface area contributed by atoms with Gasteiger partial charge in [0.15, 0.2) is 0 Å². The van der Waals surface area contributed by atoms with Gasteiger partial charge >= 0.3 is 44.7 Å². The third-order valence-electron chi connectivity index (χ3n) is 5.12. The van der Waals surface area contributed by atoms with Crippen molar-refractivity contribution in [3.8, 4) is 11.1 Å². The predicted molar refractivity (Wildman–Crippen MR) is 111 cm³/mol. The molecule has 18 heteroatoms. The Morgan fingerprint density at radius 1 is 0.368 bits per heavy atom. The fourth-order valence-electron chi connectivity index (χ4n) is 2.86. The van der Waals surface area contributed by atoms with Crippen molar-refractivity contribution in [2.45, 2.75) is 44.7 Å². The van der Waals surface area contributed by atoms with E-state index in [0.29, 0.717) is 24.3 Å². The van der Waals surface area contributed by atoms with E-state index in [-0.39, 0.29) is 35.4 Å². The van der Waals surface area contributed by atoms with Crippen molar-refractivity contribution < 1.29 is 61.5 Å². The van der Waals surface area contributed by atoms with Crippen LogP contribution in [0.2, 0.25) is 0 Å². The van der Waals surface area contributed by atoms with Crippen LogP contribution in [0.4, 0.5) is 61.5 Å². The molecule has 0 fully saturated rings. The van der Waals surface area contributed by atoms with Gasteiger partial charge in [-0.3, -0.25) is 0 Å². The molecular weight excluding hydrogens is 648 g/mol. The van der Waals surface area contributed by atoms with Crippen LogP contribution in [0, 0.1) is 0 Å². The molecular formula is C20H8Cl4F14. The van der Waals surface area contributed by atoms with Gasteiger partial charge in [0.2, 0.25) is 0 Å². The Labute approximate surface area is 223 Å². The van der Waals surface area contributed by atoms with E-state index in [4.69, 9.17) is 0 Å². The molecule has 0 saturated carbocycles. The van der Waals surface area contributed by atoms with Crippen LogP contribution in [0.15, 0.2) is 48.5 Å². The van der Waals surface area contributed by atoms with Crippen molar-refractivity contribution in [3.63, 3.8) is 0 Å². The highest BCUT2D eigenvalue weighted by atomic mass is 35.5. The molecule has 214 valence electrons. The van der Waals surface area contributed by atoms with E-state index in [2.05, 4.69) is 46.4 Å². The Morgan fingerprint density at radius 2 is 0.579 bits per heavy atom. The third-order valence-corrected chi connectivity index (χ3v) is 6.78. The van der Waals surface area contributed by atoms with Crippen LogP contribution in [0.25, 0.3) is 11.1 Å². The van der Waals surface area contributed by atoms with Gasteiger partial charge in [-0.2, -0.15) is 52.7 Å². The molecule has 0 radical (unpaired) electrons. The van der Waals surface area contributed by atoms with Gasteiger partial charge in [0, 0.05) is 11.1 Å². The number of hydrogen-bond donors (Lipinski definition) is 0. The second-order valence-corrected chi connectivity index (χ2v) is 9.59. The SMILES string of the molecule is FC(F)(Cl)C(F)(Cl)C(F)(F)C(F)(F)c1ccc(-c2ccc(C(F)(F)C(F)(F)C(F)(Cl)C(F)(F)Cl)cc2)cc1. The van der Waals surface area contributed by atoms with Gasteiger partial charge in [0.25, 0.3) is 0 Å². The molecule has 0 spiro atoms. The molecule has 0 heterocycles. The maximum atomic E-state index is 14.2. The zero-order chi connectivity index (χ0) is 30.0. The average molecular weight is 656 g/mol. The first kappa shape index (κ1) is 32.8. The van der Waals surface area contributed by atoms with Crippen LogP contribution >= 0.6 is 46.4 Å². The van der Waals surface area contributed by atoms with Crippen molar-refractivity contribution >= 4 is 46.4 Å². The molecule has 0 nitrogen and oxygen atoms in total. The average Bonchev–Trinajstić information content (AvgIpc) is 2.77. The predicted octanol–water partition coefficient (Wildman–Crippen LogP) is 10.3. The highest BCUT2D eigenvalue weighted by Gasteiger charge is 2.80. The summed E-state index contributed by atoms with van der Waals surface area (Å²) in [7, 11) is 0. The minimum Gasteiger partial charge on any atom is -0.211 e. The summed E-state index contributed by atoms with van der Waals surface area (Å²) in [4.78, 5) is 0. The highest BCUT2D eigenvalue weighted by molar-refractivity contribution is 6.33. The lowest BCUT2D eigenvalue weighted by Crippen LogP contribution is -2.58. The molecule has 2 aromatic carbocycles. The van der Waals surface area contributed by atoms with Crippen LogP contribution in [0.1, 0.15) is 11.1 Å². The number of halogens is 18. The molecule has 2 aromatic rings. The molecule has 38 heavy (non-hydrogen) atoms. The summed E-state index contributed by atoms with van der Waals surface area (Å²) >= 11 is 16.9. The van der Waals surface area contributed by atoms with Crippen molar-refractivity contribution in [1.29, 1.82) is 0 Å². The van der Waals surface area contributed by atoms with E-state index in [0.717, 1.165) is 0 Å². The Balaban J connectivity index is 2.41.